The van der Waals surface area contributed by atoms with E-state index in [1.807, 2.05) is 12.1 Å². The number of nitrogens with zero attached hydrogens (tertiary/aromatic N) is 2. The van der Waals surface area contributed by atoms with Gasteiger partial charge in [-0.05, 0) is 32.0 Å². The number of pyridine rings is 1. The van der Waals surface area contributed by atoms with Crippen molar-refractivity contribution in [3.05, 3.63) is 35.4 Å². The number of rotatable bonds is 3. The number of hydrogen-bond donors (Lipinski definition) is 0. The lowest BCUT2D eigenvalue weighted by Gasteiger charge is -2.21. The molecule has 1 amide bonds. The van der Waals surface area contributed by atoms with Crippen molar-refractivity contribution in [1.29, 1.82) is 0 Å². The van der Waals surface area contributed by atoms with Crippen LogP contribution in [0.3, 0.4) is 0 Å². The topological polar surface area (TPSA) is 51.7 Å². The van der Waals surface area contributed by atoms with Gasteiger partial charge < -0.3 is 14.4 Å². The molecule has 2 heterocycles. The van der Waals surface area contributed by atoms with Crippen molar-refractivity contribution in [1.82, 2.24) is 9.88 Å². The van der Waals surface area contributed by atoms with Gasteiger partial charge in [-0.2, -0.15) is 0 Å². The fourth-order valence-electron chi connectivity index (χ4n) is 2.69. The number of aromatic nitrogens is 1. The first kappa shape index (κ1) is 14.8. The smallest absolute Gasteiger partial charge is 0.263 e. The maximum Gasteiger partial charge on any atom is 0.263 e. The van der Waals surface area contributed by atoms with Crippen LogP contribution in [-0.2, 0) is 16.1 Å². The van der Waals surface area contributed by atoms with Crippen LogP contribution in [0.4, 0.5) is 0 Å². The van der Waals surface area contributed by atoms with E-state index in [-0.39, 0.29) is 5.91 Å². The fraction of sp³-hybridized carbons (Fsp3) is 0.412. The highest BCUT2D eigenvalue weighted by Gasteiger charge is 2.28. The SMILES string of the molecule is COCCN1Cc2cc3cc(C)ccc3nc2O[C@H](C)C1=O. The molecule has 5 nitrogen and oxygen atoms in total. The Balaban J connectivity index is 2.02. The second-order valence-electron chi connectivity index (χ2n) is 5.66. The predicted octanol–water partition coefficient (Wildman–Crippen LogP) is 2.30. The Hall–Kier alpha value is -2.14. The Morgan fingerprint density at radius 1 is 1.41 bits per heavy atom. The van der Waals surface area contributed by atoms with Crippen molar-refractivity contribution in [3.63, 3.8) is 0 Å². The number of amides is 1. The van der Waals surface area contributed by atoms with Crippen LogP contribution >= 0.6 is 0 Å². The number of carbonyl (C=O) groups excluding carboxylic acids is 1. The molecular formula is C17H20N2O3. The third kappa shape index (κ3) is 2.76. The molecule has 5 heteroatoms. The van der Waals surface area contributed by atoms with Gasteiger partial charge in [-0.3, -0.25) is 4.79 Å². The van der Waals surface area contributed by atoms with E-state index in [1.54, 1.807) is 18.9 Å². The minimum atomic E-state index is -0.534. The minimum absolute atomic E-state index is 0.0321. The molecule has 1 atom stereocenters. The van der Waals surface area contributed by atoms with Gasteiger partial charge in [0.15, 0.2) is 6.10 Å². The summed E-state index contributed by atoms with van der Waals surface area (Å²) in [6.45, 7) is 5.37. The summed E-state index contributed by atoms with van der Waals surface area (Å²) in [5.74, 6) is 0.521. The number of carbonyl (C=O) groups is 1. The molecule has 0 aliphatic carbocycles. The molecule has 1 aromatic carbocycles. The Morgan fingerprint density at radius 3 is 3.00 bits per heavy atom. The normalized spacial score (nSPS) is 18.0. The largest absolute Gasteiger partial charge is 0.464 e. The van der Waals surface area contributed by atoms with E-state index in [9.17, 15) is 4.79 Å². The van der Waals surface area contributed by atoms with Crippen molar-refractivity contribution in [3.8, 4) is 5.88 Å². The second-order valence-corrected chi connectivity index (χ2v) is 5.66. The van der Waals surface area contributed by atoms with Gasteiger partial charge in [0.05, 0.1) is 18.7 Å². The standard InChI is InChI=1S/C17H20N2O3/c1-11-4-5-15-13(8-11)9-14-10-19(6-7-21-3)17(20)12(2)22-16(14)18-15/h4-5,8-9,12H,6-7,10H2,1-3H3/t12-/m1/s1. The monoisotopic (exact) mass is 300 g/mol. The van der Waals surface area contributed by atoms with Gasteiger partial charge >= 0.3 is 0 Å². The quantitative estimate of drug-likeness (QED) is 0.873. The lowest BCUT2D eigenvalue weighted by atomic mass is 10.1. The van der Waals surface area contributed by atoms with E-state index in [4.69, 9.17) is 9.47 Å². The van der Waals surface area contributed by atoms with Crippen molar-refractivity contribution in [2.24, 2.45) is 0 Å². The summed E-state index contributed by atoms with van der Waals surface area (Å²) in [5, 5.41) is 1.07. The average Bonchev–Trinajstić information content (AvgIpc) is 2.61. The Labute approximate surface area is 129 Å². The number of benzene rings is 1. The first-order valence-electron chi connectivity index (χ1n) is 7.43. The van der Waals surface area contributed by atoms with Crippen molar-refractivity contribution in [2.75, 3.05) is 20.3 Å². The summed E-state index contributed by atoms with van der Waals surface area (Å²) in [6, 6.07) is 8.17. The molecule has 0 fully saturated rings. The number of hydrogen-bond acceptors (Lipinski definition) is 4. The summed E-state index contributed by atoms with van der Waals surface area (Å²) in [7, 11) is 1.63. The van der Waals surface area contributed by atoms with Gasteiger partial charge in [-0.25, -0.2) is 4.98 Å². The lowest BCUT2D eigenvalue weighted by Crippen LogP contribution is -2.39. The Morgan fingerprint density at radius 2 is 2.23 bits per heavy atom. The van der Waals surface area contributed by atoms with Crippen LogP contribution in [0.2, 0.25) is 0 Å². The molecule has 0 saturated carbocycles. The van der Waals surface area contributed by atoms with E-state index < -0.39 is 6.10 Å². The molecule has 2 aromatic rings. The van der Waals surface area contributed by atoms with Crippen molar-refractivity contribution < 1.29 is 14.3 Å². The summed E-state index contributed by atoms with van der Waals surface area (Å²) in [5.41, 5.74) is 3.01. The van der Waals surface area contributed by atoms with E-state index in [0.29, 0.717) is 25.6 Å². The average molecular weight is 300 g/mol. The van der Waals surface area contributed by atoms with Crippen LogP contribution in [0.5, 0.6) is 5.88 Å². The maximum atomic E-state index is 12.4. The third-order valence-corrected chi connectivity index (χ3v) is 3.88. The molecule has 0 unspecified atom stereocenters. The molecule has 116 valence electrons. The zero-order valence-electron chi connectivity index (χ0n) is 13.1. The maximum absolute atomic E-state index is 12.4. The second kappa shape index (κ2) is 5.93. The van der Waals surface area contributed by atoms with Crippen LogP contribution in [0.25, 0.3) is 10.9 Å². The molecule has 1 aliphatic heterocycles. The van der Waals surface area contributed by atoms with Gasteiger partial charge in [-0.15, -0.1) is 0 Å². The molecule has 0 saturated heterocycles. The molecule has 1 aliphatic rings. The minimum Gasteiger partial charge on any atom is -0.464 e. The van der Waals surface area contributed by atoms with E-state index in [1.165, 1.54) is 5.56 Å². The number of methoxy groups -OCH3 is 1. The van der Waals surface area contributed by atoms with Crippen LogP contribution < -0.4 is 4.74 Å². The molecule has 0 radical (unpaired) electrons. The fourth-order valence-corrected chi connectivity index (χ4v) is 2.69. The highest BCUT2D eigenvalue weighted by Crippen LogP contribution is 2.28. The number of fused-ring (bicyclic) bond motifs is 2. The number of aryl methyl sites for hydroxylation is 1. The van der Waals surface area contributed by atoms with Crippen LogP contribution in [0.15, 0.2) is 24.3 Å². The highest BCUT2D eigenvalue weighted by atomic mass is 16.5. The van der Waals surface area contributed by atoms with Crippen molar-refractivity contribution >= 4 is 16.8 Å². The molecule has 3 rings (SSSR count). The Kier molecular flexibility index (Phi) is 3.98. The van der Waals surface area contributed by atoms with E-state index in [0.717, 1.165) is 16.5 Å². The van der Waals surface area contributed by atoms with Crippen LogP contribution in [0, 0.1) is 6.92 Å². The molecule has 0 bridgehead atoms. The van der Waals surface area contributed by atoms with Gasteiger partial charge in [0.2, 0.25) is 5.88 Å². The molecule has 0 N–H and O–H groups in total. The first-order chi connectivity index (χ1) is 10.6. The number of ether oxygens (including phenoxy) is 2. The summed E-state index contributed by atoms with van der Waals surface area (Å²) >= 11 is 0. The first-order valence-corrected chi connectivity index (χ1v) is 7.43. The lowest BCUT2D eigenvalue weighted by molar-refractivity contribution is -0.138. The van der Waals surface area contributed by atoms with E-state index >= 15 is 0 Å². The van der Waals surface area contributed by atoms with Gasteiger partial charge in [0.25, 0.3) is 5.91 Å². The zero-order valence-corrected chi connectivity index (χ0v) is 13.1. The van der Waals surface area contributed by atoms with Gasteiger partial charge in [0, 0.05) is 24.6 Å². The van der Waals surface area contributed by atoms with Crippen LogP contribution in [-0.4, -0.2) is 42.2 Å². The summed E-state index contributed by atoms with van der Waals surface area (Å²) < 4.78 is 10.9. The Bertz CT molecular complexity index is 714. The molecule has 22 heavy (non-hydrogen) atoms. The molecule has 1 aromatic heterocycles. The van der Waals surface area contributed by atoms with E-state index in [2.05, 4.69) is 24.0 Å². The van der Waals surface area contributed by atoms with Gasteiger partial charge in [-0.1, -0.05) is 11.6 Å². The van der Waals surface area contributed by atoms with Gasteiger partial charge in [0.1, 0.15) is 0 Å². The summed E-state index contributed by atoms with van der Waals surface area (Å²) in [4.78, 5) is 18.7. The predicted molar refractivity (Wildman–Crippen MR) is 83.9 cm³/mol. The third-order valence-electron chi connectivity index (χ3n) is 3.88. The van der Waals surface area contributed by atoms with Crippen LogP contribution in [0.1, 0.15) is 18.1 Å². The molecule has 0 spiro atoms. The molecular weight excluding hydrogens is 280 g/mol. The summed E-state index contributed by atoms with van der Waals surface area (Å²) in [6.07, 6.45) is -0.534. The highest BCUT2D eigenvalue weighted by molar-refractivity contribution is 5.84. The van der Waals surface area contributed by atoms with Crippen molar-refractivity contribution in [2.45, 2.75) is 26.5 Å². The zero-order chi connectivity index (χ0) is 15.7.